The van der Waals surface area contributed by atoms with Crippen LogP contribution in [0.25, 0.3) is 81.3 Å². The van der Waals surface area contributed by atoms with Crippen molar-refractivity contribution in [3.05, 3.63) is 81.6 Å². The molecule has 3 heteroatoms. The molecule has 0 amide bonds. The third-order valence-electron chi connectivity index (χ3n) is 10.4. The van der Waals surface area contributed by atoms with E-state index in [4.69, 9.17) is 4.98 Å². The highest BCUT2D eigenvalue weighted by atomic mass is 16.1. The van der Waals surface area contributed by atoms with Gasteiger partial charge < -0.3 is 0 Å². The minimum Gasteiger partial charge on any atom is -0.268 e. The molecule has 9 rings (SSSR count). The Kier molecular flexibility index (Phi) is 5.37. The monoisotopic (exact) mass is 560 g/mol. The molecule has 0 atom stereocenters. The Balaban J connectivity index is 1.54. The molecular weight excluding hydrogens is 524 g/mol. The number of nitrogens with zero attached hydrogens (tertiary/aromatic N) is 2. The van der Waals surface area contributed by atoms with Gasteiger partial charge in [0, 0.05) is 5.39 Å². The highest BCUT2D eigenvalue weighted by Gasteiger charge is 2.28. The molecule has 3 nitrogen and oxygen atoms in total. The quantitative estimate of drug-likeness (QED) is 0.165. The van der Waals surface area contributed by atoms with Crippen LogP contribution in [0.2, 0.25) is 0 Å². The van der Waals surface area contributed by atoms with E-state index in [1.807, 2.05) is 4.40 Å². The van der Waals surface area contributed by atoms with Crippen molar-refractivity contribution in [3.63, 3.8) is 0 Å². The lowest BCUT2D eigenvalue weighted by atomic mass is 9.90. The number of aromatic nitrogens is 2. The molecule has 212 valence electrons. The summed E-state index contributed by atoms with van der Waals surface area (Å²) in [6.45, 7) is 6.76. The average molecular weight is 561 g/mol. The van der Waals surface area contributed by atoms with Gasteiger partial charge in [0.25, 0.3) is 5.56 Å². The Hall–Kier alpha value is -4.24. The zero-order valence-electron chi connectivity index (χ0n) is 25.4. The van der Waals surface area contributed by atoms with Crippen molar-refractivity contribution in [3.8, 4) is 0 Å². The Bertz CT molecular complexity index is 2530. The van der Waals surface area contributed by atoms with Gasteiger partial charge in [-0.15, -0.1) is 0 Å². The van der Waals surface area contributed by atoms with Crippen LogP contribution in [0.15, 0.2) is 59.4 Å². The molecule has 0 N–H and O–H groups in total. The summed E-state index contributed by atoms with van der Waals surface area (Å²) in [4.78, 5) is 19.9. The van der Waals surface area contributed by atoms with E-state index >= 15 is 0 Å². The average Bonchev–Trinajstić information content (AvgIpc) is 3.68. The maximum atomic E-state index is 14.7. The first-order chi connectivity index (χ1) is 21.1. The SMILES string of the molecule is CCCCc1ccc2nc3c4c5cc(CCCC)c6ccc7ccc8c(CCCC)cc(c4c(=O)n3c2c1)c1c8c7c6c51. The van der Waals surface area contributed by atoms with E-state index in [0.29, 0.717) is 0 Å². The van der Waals surface area contributed by atoms with Crippen LogP contribution in [0.5, 0.6) is 0 Å². The van der Waals surface area contributed by atoms with Crippen molar-refractivity contribution in [1.82, 2.24) is 9.38 Å². The molecule has 43 heavy (non-hydrogen) atoms. The number of fused-ring (bicyclic) bond motifs is 7. The molecular formula is C40H36N2O. The summed E-state index contributed by atoms with van der Waals surface area (Å²) >= 11 is 0. The third kappa shape index (κ3) is 3.20. The maximum absolute atomic E-state index is 14.7. The number of hydrogen-bond acceptors (Lipinski definition) is 2. The first-order valence-corrected chi connectivity index (χ1v) is 16.5. The molecule has 0 unspecified atom stereocenters. The minimum atomic E-state index is 0.0844. The minimum absolute atomic E-state index is 0.0844. The van der Waals surface area contributed by atoms with Gasteiger partial charge in [-0.25, -0.2) is 4.98 Å². The number of aryl methyl sites for hydroxylation is 3. The molecule has 9 aromatic rings. The molecule has 0 aliphatic heterocycles. The van der Waals surface area contributed by atoms with E-state index in [-0.39, 0.29) is 5.56 Å². The van der Waals surface area contributed by atoms with E-state index in [1.165, 1.54) is 65.2 Å². The van der Waals surface area contributed by atoms with Crippen LogP contribution in [-0.2, 0) is 19.3 Å². The number of rotatable bonds is 9. The lowest BCUT2D eigenvalue weighted by Gasteiger charge is -2.12. The van der Waals surface area contributed by atoms with Crippen LogP contribution < -0.4 is 5.56 Å². The van der Waals surface area contributed by atoms with Crippen LogP contribution in [0.4, 0.5) is 0 Å². The molecule has 0 saturated heterocycles. The van der Waals surface area contributed by atoms with E-state index in [2.05, 4.69) is 75.4 Å². The van der Waals surface area contributed by atoms with Gasteiger partial charge in [0.2, 0.25) is 0 Å². The highest BCUT2D eigenvalue weighted by molar-refractivity contribution is 6.49. The van der Waals surface area contributed by atoms with Gasteiger partial charge >= 0.3 is 0 Å². The fourth-order valence-electron chi connectivity index (χ4n) is 8.32. The highest BCUT2D eigenvalue weighted by Crippen LogP contribution is 2.52. The van der Waals surface area contributed by atoms with Crippen molar-refractivity contribution >= 4 is 81.3 Å². The van der Waals surface area contributed by atoms with E-state index in [1.54, 1.807) is 0 Å². The normalized spacial score (nSPS) is 13.0. The van der Waals surface area contributed by atoms with Crippen LogP contribution in [0.1, 0.15) is 76.0 Å². The largest absolute Gasteiger partial charge is 0.268 e. The lowest BCUT2D eigenvalue weighted by Crippen LogP contribution is -2.06. The van der Waals surface area contributed by atoms with E-state index in [9.17, 15) is 4.79 Å². The molecule has 0 saturated carbocycles. The Morgan fingerprint density at radius 2 is 1.16 bits per heavy atom. The summed E-state index contributed by atoms with van der Waals surface area (Å²) in [6.07, 6.45) is 10.00. The van der Waals surface area contributed by atoms with Gasteiger partial charge in [-0.1, -0.05) is 70.4 Å². The van der Waals surface area contributed by atoms with Crippen LogP contribution in [-0.4, -0.2) is 9.38 Å². The van der Waals surface area contributed by atoms with Gasteiger partial charge in [-0.05, 0) is 133 Å². The first kappa shape index (κ1) is 25.3. The van der Waals surface area contributed by atoms with Crippen molar-refractivity contribution in [1.29, 1.82) is 0 Å². The molecule has 0 fully saturated rings. The third-order valence-corrected chi connectivity index (χ3v) is 10.4. The number of hydrogen-bond donors (Lipinski definition) is 0. The van der Waals surface area contributed by atoms with Crippen molar-refractivity contribution < 1.29 is 0 Å². The predicted molar refractivity (Wildman–Crippen MR) is 185 cm³/mol. The van der Waals surface area contributed by atoms with Crippen molar-refractivity contribution in [2.75, 3.05) is 0 Å². The van der Waals surface area contributed by atoms with Crippen LogP contribution in [0, 0.1) is 0 Å². The van der Waals surface area contributed by atoms with Crippen molar-refractivity contribution in [2.45, 2.75) is 78.6 Å². The lowest BCUT2D eigenvalue weighted by molar-refractivity contribution is 0.795. The summed E-state index contributed by atoms with van der Waals surface area (Å²) in [5.74, 6) is 0. The second kappa shape index (κ2) is 9.13. The summed E-state index contributed by atoms with van der Waals surface area (Å²) in [6, 6.07) is 20.7. The summed E-state index contributed by atoms with van der Waals surface area (Å²) < 4.78 is 1.94. The number of imidazole rings is 1. The van der Waals surface area contributed by atoms with Gasteiger partial charge in [0.05, 0.1) is 16.4 Å². The van der Waals surface area contributed by atoms with Gasteiger partial charge in [0.1, 0.15) is 5.65 Å². The summed E-state index contributed by atoms with van der Waals surface area (Å²) in [5, 5.41) is 15.1. The Labute approximate surface area is 250 Å². The molecule has 2 heterocycles. The molecule has 7 aromatic carbocycles. The van der Waals surface area contributed by atoms with Crippen molar-refractivity contribution in [2.24, 2.45) is 0 Å². The van der Waals surface area contributed by atoms with Gasteiger partial charge in [-0.2, -0.15) is 0 Å². The molecule has 2 aromatic heterocycles. The Morgan fingerprint density at radius 3 is 1.79 bits per heavy atom. The fraction of sp³-hybridized carbons (Fsp3) is 0.300. The molecule has 0 bridgehead atoms. The number of benzene rings is 6. The summed E-state index contributed by atoms with van der Waals surface area (Å²) in [7, 11) is 0. The maximum Gasteiger partial charge on any atom is 0.265 e. The van der Waals surface area contributed by atoms with Crippen LogP contribution >= 0.6 is 0 Å². The van der Waals surface area contributed by atoms with Crippen LogP contribution in [0.3, 0.4) is 0 Å². The zero-order chi connectivity index (χ0) is 29.0. The molecule has 0 radical (unpaired) electrons. The predicted octanol–water partition coefficient (Wildman–Crippen LogP) is 10.5. The van der Waals surface area contributed by atoms with Gasteiger partial charge in [-0.3, -0.25) is 9.20 Å². The molecule has 0 spiro atoms. The standard InChI is InChI=1S/C40H36N2O/c1-4-7-10-22-13-18-30-31(19-22)42-39(41-30)37-28-20-24(11-8-5-2)26-16-14-23-15-17-27-25(12-9-6-3)21-29(38(37)40(42)43)36-34(27)32(23)33(26)35(28)36/h13-21H,4-12H2,1-3H3. The van der Waals surface area contributed by atoms with Gasteiger partial charge in [0.15, 0.2) is 0 Å². The van der Waals surface area contributed by atoms with E-state index < -0.39 is 0 Å². The van der Waals surface area contributed by atoms with E-state index in [0.717, 1.165) is 90.6 Å². The smallest absolute Gasteiger partial charge is 0.265 e. The first-order valence-electron chi connectivity index (χ1n) is 16.5. The Morgan fingerprint density at radius 1 is 0.581 bits per heavy atom. The topological polar surface area (TPSA) is 34.4 Å². The number of unbranched alkanes of at least 4 members (excludes halogenated alkanes) is 3. The second-order valence-electron chi connectivity index (χ2n) is 13.0. The molecule has 0 aliphatic carbocycles. The zero-order valence-corrected chi connectivity index (χ0v) is 25.4. The summed E-state index contributed by atoms with van der Waals surface area (Å²) in [5.41, 5.74) is 6.81. The second-order valence-corrected chi connectivity index (χ2v) is 13.0. The fourth-order valence-corrected chi connectivity index (χ4v) is 8.32. The molecule has 0 aliphatic rings.